The van der Waals surface area contributed by atoms with Gasteiger partial charge in [0.05, 0.1) is 31.1 Å². The van der Waals surface area contributed by atoms with Gasteiger partial charge in [-0.25, -0.2) is 0 Å². The first-order valence-corrected chi connectivity index (χ1v) is 8.88. The van der Waals surface area contributed by atoms with Crippen molar-refractivity contribution in [2.45, 2.75) is 20.4 Å². The van der Waals surface area contributed by atoms with E-state index in [1.165, 1.54) is 22.1 Å². The Kier molecular flexibility index (Phi) is 5.32. The van der Waals surface area contributed by atoms with E-state index in [-0.39, 0.29) is 11.6 Å². The monoisotopic (exact) mass is 354 g/mol. The predicted molar refractivity (Wildman–Crippen MR) is 99.3 cm³/mol. The SMILES string of the molecule is Cc1ccccc1C[NH+]1CCN(C(=O)c2ccc([N+](=O)[O-])c(C)c2)CC1. The fourth-order valence-corrected chi connectivity index (χ4v) is 3.46. The van der Waals surface area contributed by atoms with Crippen LogP contribution < -0.4 is 4.90 Å². The number of piperazine rings is 1. The van der Waals surface area contributed by atoms with Crippen LogP contribution >= 0.6 is 0 Å². The average molecular weight is 354 g/mol. The van der Waals surface area contributed by atoms with E-state index in [9.17, 15) is 14.9 Å². The molecule has 2 aromatic rings. The Morgan fingerprint density at radius 2 is 1.81 bits per heavy atom. The largest absolute Gasteiger partial charge is 0.328 e. The van der Waals surface area contributed by atoms with Gasteiger partial charge in [-0.15, -0.1) is 0 Å². The zero-order valence-corrected chi connectivity index (χ0v) is 15.2. The normalized spacial score (nSPS) is 15.1. The lowest BCUT2D eigenvalue weighted by molar-refractivity contribution is -0.917. The number of nitrogens with one attached hydrogen (secondary N) is 1. The van der Waals surface area contributed by atoms with E-state index >= 15 is 0 Å². The van der Waals surface area contributed by atoms with Crippen molar-refractivity contribution in [3.63, 3.8) is 0 Å². The van der Waals surface area contributed by atoms with E-state index in [1.54, 1.807) is 19.1 Å². The lowest BCUT2D eigenvalue weighted by Gasteiger charge is -2.32. The van der Waals surface area contributed by atoms with Crippen LogP contribution in [0.25, 0.3) is 0 Å². The molecule has 3 rings (SSSR count). The number of nitro benzene ring substituents is 1. The zero-order chi connectivity index (χ0) is 18.7. The minimum absolute atomic E-state index is 0.0436. The fraction of sp³-hybridized carbons (Fsp3) is 0.350. The molecule has 1 aliphatic rings. The van der Waals surface area contributed by atoms with E-state index in [0.717, 1.165) is 19.6 Å². The molecule has 6 nitrogen and oxygen atoms in total. The second-order valence-electron chi connectivity index (χ2n) is 6.90. The van der Waals surface area contributed by atoms with Crippen LogP contribution in [0.4, 0.5) is 5.69 Å². The number of hydrogen-bond donors (Lipinski definition) is 1. The van der Waals surface area contributed by atoms with Gasteiger partial charge in [0.25, 0.3) is 11.6 Å². The zero-order valence-electron chi connectivity index (χ0n) is 15.2. The van der Waals surface area contributed by atoms with Gasteiger partial charge in [0.1, 0.15) is 6.54 Å². The number of quaternary nitrogens is 1. The quantitative estimate of drug-likeness (QED) is 0.672. The lowest BCUT2D eigenvalue weighted by Crippen LogP contribution is -3.13. The van der Waals surface area contributed by atoms with Gasteiger partial charge in [-0.05, 0) is 31.5 Å². The van der Waals surface area contributed by atoms with Gasteiger partial charge in [-0.3, -0.25) is 14.9 Å². The van der Waals surface area contributed by atoms with Gasteiger partial charge < -0.3 is 9.80 Å². The predicted octanol–water partition coefficient (Wildman–Crippen LogP) is 1.75. The van der Waals surface area contributed by atoms with Crippen molar-refractivity contribution < 1.29 is 14.6 Å². The highest BCUT2D eigenvalue weighted by atomic mass is 16.6. The van der Waals surface area contributed by atoms with Crippen molar-refractivity contribution >= 4 is 11.6 Å². The Hall–Kier alpha value is -2.73. The van der Waals surface area contributed by atoms with Crippen LogP contribution in [0.2, 0.25) is 0 Å². The number of rotatable bonds is 4. The van der Waals surface area contributed by atoms with Crippen LogP contribution in [0.1, 0.15) is 27.0 Å². The van der Waals surface area contributed by atoms with E-state index in [1.807, 2.05) is 4.90 Å². The maximum atomic E-state index is 12.7. The highest BCUT2D eigenvalue weighted by Gasteiger charge is 2.25. The summed E-state index contributed by atoms with van der Waals surface area (Å²) in [5.74, 6) is -0.0436. The number of nitro groups is 1. The number of nitrogens with zero attached hydrogens (tertiary/aromatic N) is 2. The van der Waals surface area contributed by atoms with Crippen molar-refractivity contribution in [2.75, 3.05) is 26.2 Å². The standard InChI is InChI=1S/C20H23N3O3/c1-15-5-3-4-6-18(15)14-21-9-11-22(12-10-21)20(24)17-7-8-19(23(25)26)16(2)13-17/h3-8,13H,9-12,14H2,1-2H3/p+1. The van der Waals surface area contributed by atoms with Crippen molar-refractivity contribution in [3.8, 4) is 0 Å². The van der Waals surface area contributed by atoms with Crippen LogP contribution in [0.15, 0.2) is 42.5 Å². The molecule has 0 radical (unpaired) electrons. The number of benzene rings is 2. The molecule has 0 aromatic heterocycles. The number of carbonyl (C=O) groups is 1. The van der Waals surface area contributed by atoms with Crippen LogP contribution in [0, 0.1) is 24.0 Å². The third kappa shape index (κ3) is 3.91. The number of amides is 1. The molecule has 0 bridgehead atoms. The summed E-state index contributed by atoms with van der Waals surface area (Å²) >= 11 is 0. The minimum atomic E-state index is -0.419. The van der Waals surface area contributed by atoms with Gasteiger partial charge in [-0.1, -0.05) is 24.3 Å². The summed E-state index contributed by atoms with van der Waals surface area (Å²) in [7, 11) is 0. The summed E-state index contributed by atoms with van der Waals surface area (Å²) in [6.07, 6.45) is 0. The molecule has 136 valence electrons. The van der Waals surface area contributed by atoms with Crippen molar-refractivity contribution in [3.05, 3.63) is 74.8 Å². The van der Waals surface area contributed by atoms with Gasteiger partial charge in [-0.2, -0.15) is 0 Å². The molecule has 6 heteroatoms. The molecule has 2 aromatic carbocycles. The molecule has 0 aliphatic carbocycles. The molecule has 1 heterocycles. The second-order valence-corrected chi connectivity index (χ2v) is 6.90. The van der Waals surface area contributed by atoms with E-state index in [2.05, 4.69) is 31.2 Å². The van der Waals surface area contributed by atoms with Crippen molar-refractivity contribution in [1.29, 1.82) is 0 Å². The van der Waals surface area contributed by atoms with Gasteiger partial charge >= 0.3 is 0 Å². The average Bonchev–Trinajstić information content (AvgIpc) is 2.63. The smallest absolute Gasteiger partial charge is 0.272 e. The number of aryl methyl sites for hydroxylation is 2. The molecule has 0 saturated carbocycles. The van der Waals surface area contributed by atoms with Crippen LogP contribution in [0.3, 0.4) is 0 Å². The van der Waals surface area contributed by atoms with E-state index < -0.39 is 4.92 Å². The molecule has 26 heavy (non-hydrogen) atoms. The molecule has 0 spiro atoms. The summed E-state index contributed by atoms with van der Waals surface area (Å²) in [6, 6.07) is 13.0. The van der Waals surface area contributed by atoms with E-state index in [0.29, 0.717) is 24.2 Å². The van der Waals surface area contributed by atoms with Crippen LogP contribution in [0.5, 0.6) is 0 Å². The summed E-state index contributed by atoms with van der Waals surface area (Å²) in [4.78, 5) is 26.5. The molecular weight excluding hydrogens is 330 g/mol. The Morgan fingerprint density at radius 1 is 1.12 bits per heavy atom. The maximum absolute atomic E-state index is 12.7. The van der Waals surface area contributed by atoms with Crippen LogP contribution in [-0.2, 0) is 6.54 Å². The van der Waals surface area contributed by atoms with Crippen LogP contribution in [-0.4, -0.2) is 41.9 Å². The van der Waals surface area contributed by atoms with E-state index in [4.69, 9.17) is 0 Å². The topological polar surface area (TPSA) is 67.9 Å². The Morgan fingerprint density at radius 3 is 2.42 bits per heavy atom. The van der Waals surface area contributed by atoms with Gasteiger partial charge in [0, 0.05) is 22.8 Å². The minimum Gasteiger partial charge on any atom is -0.328 e. The third-order valence-electron chi connectivity index (χ3n) is 5.10. The molecule has 1 saturated heterocycles. The molecule has 1 fully saturated rings. The number of carbonyl (C=O) groups excluding carboxylic acids is 1. The summed E-state index contributed by atoms with van der Waals surface area (Å²) in [6.45, 7) is 8.00. The maximum Gasteiger partial charge on any atom is 0.272 e. The molecule has 1 N–H and O–H groups in total. The lowest BCUT2D eigenvalue weighted by atomic mass is 10.1. The summed E-state index contributed by atoms with van der Waals surface area (Å²) in [5.41, 5.74) is 3.75. The molecule has 0 atom stereocenters. The number of hydrogen-bond acceptors (Lipinski definition) is 3. The Balaban J connectivity index is 1.61. The highest BCUT2D eigenvalue weighted by Crippen LogP contribution is 2.19. The second kappa shape index (κ2) is 7.66. The molecule has 0 unspecified atom stereocenters. The summed E-state index contributed by atoms with van der Waals surface area (Å²) < 4.78 is 0. The van der Waals surface area contributed by atoms with Gasteiger partial charge in [0.15, 0.2) is 0 Å². The summed E-state index contributed by atoms with van der Waals surface area (Å²) in [5, 5.41) is 10.9. The molecule has 1 amide bonds. The molecular formula is C20H24N3O3+. The Bertz CT molecular complexity index is 827. The van der Waals surface area contributed by atoms with Gasteiger partial charge in [0.2, 0.25) is 0 Å². The fourth-order valence-electron chi connectivity index (χ4n) is 3.46. The first-order valence-electron chi connectivity index (χ1n) is 8.88. The Labute approximate surface area is 153 Å². The van der Waals surface area contributed by atoms with Crippen molar-refractivity contribution in [1.82, 2.24) is 4.90 Å². The highest BCUT2D eigenvalue weighted by molar-refractivity contribution is 5.94. The first-order chi connectivity index (χ1) is 12.5. The third-order valence-corrected chi connectivity index (χ3v) is 5.10. The molecule has 1 aliphatic heterocycles. The first kappa shape index (κ1) is 18.1. The van der Waals surface area contributed by atoms with Crippen molar-refractivity contribution in [2.24, 2.45) is 0 Å².